The largest absolute Gasteiger partial charge is 0.378 e. The van der Waals surface area contributed by atoms with E-state index in [-0.39, 0.29) is 5.91 Å². The molecule has 1 N–H and O–H groups in total. The fourth-order valence-electron chi connectivity index (χ4n) is 3.62. The van der Waals surface area contributed by atoms with Gasteiger partial charge in [0.25, 0.3) is 5.91 Å². The normalized spacial score (nSPS) is 17.7. The summed E-state index contributed by atoms with van der Waals surface area (Å²) in [6.07, 6.45) is 0. The number of nitriles is 1. The number of carbonyl (C=O) groups excluding carboxylic acids is 1. The summed E-state index contributed by atoms with van der Waals surface area (Å²) in [7, 11) is 0. The van der Waals surface area contributed by atoms with Gasteiger partial charge < -0.3 is 19.5 Å². The Balaban J connectivity index is 2.02. The van der Waals surface area contributed by atoms with E-state index in [9.17, 15) is 10.1 Å². The van der Waals surface area contributed by atoms with E-state index in [1.165, 1.54) is 0 Å². The maximum atomic E-state index is 12.3. The molecule has 4 rings (SSSR count). The predicted molar refractivity (Wildman–Crippen MR) is 86.8 cm³/mol. The van der Waals surface area contributed by atoms with Crippen LogP contribution in [0.1, 0.15) is 21.6 Å². The zero-order chi connectivity index (χ0) is 16.0. The Labute approximate surface area is 134 Å². The lowest BCUT2D eigenvalue weighted by Crippen LogP contribution is -2.37. The van der Waals surface area contributed by atoms with Crippen molar-refractivity contribution >= 4 is 22.5 Å². The van der Waals surface area contributed by atoms with Crippen molar-refractivity contribution in [1.82, 2.24) is 9.88 Å². The van der Waals surface area contributed by atoms with Crippen LogP contribution in [0.3, 0.4) is 0 Å². The molecule has 23 heavy (non-hydrogen) atoms. The first kappa shape index (κ1) is 14.1. The average molecular weight is 310 g/mol. The van der Waals surface area contributed by atoms with Gasteiger partial charge in [0.2, 0.25) is 0 Å². The minimum atomic E-state index is -0.0311. The van der Waals surface area contributed by atoms with Crippen LogP contribution in [0.25, 0.3) is 10.9 Å². The molecule has 0 saturated carbocycles. The monoisotopic (exact) mass is 310 g/mol. The molecule has 6 heteroatoms. The van der Waals surface area contributed by atoms with E-state index in [2.05, 4.69) is 20.9 Å². The number of hydrogen-bond donors (Lipinski definition) is 1. The minimum Gasteiger partial charge on any atom is -0.378 e. The van der Waals surface area contributed by atoms with Gasteiger partial charge in [-0.25, -0.2) is 0 Å². The van der Waals surface area contributed by atoms with Crippen molar-refractivity contribution in [2.75, 3.05) is 37.7 Å². The number of ether oxygens (including phenoxy) is 1. The van der Waals surface area contributed by atoms with Crippen molar-refractivity contribution in [3.63, 3.8) is 0 Å². The molecule has 0 atom stereocenters. The second kappa shape index (κ2) is 5.28. The second-order valence-electron chi connectivity index (χ2n) is 5.98. The Bertz CT molecular complexity index is 841. The number of morpholine rings is 1. The van der Waals surface area contributed by atoms with Crippen molar-refractivity contribution in [3.05, 3.63) is 29.0 Å². The molecule has 0 aliphatic carbocycles. The van der Waals surface area contributed by atoms with Crippen LogP contribution < -0.4 is 10.2 Å². The Kier molecular flexibility index (Phi) is 3.24. The number of carbonyl (C=O) groups is 1. The van der Waals surface area contributed by atoms with Crippen LogP contribution in [0.2, 0.25) is 0 Å². The highest BCUT2D eigenvalue weighted by Crippen LogP contribution is 2.35. The lowest BCUT2D eigenvalue weighted by Gasteiger charge is -2.30. The maximum Gasteiger partial charge on any atom is 0.268 e. The molecule has 0 spiro atoms. The molecule has 1 aromatic heterocycles. The van der Waals surface area contributed by atoms with Crippen LogP contribution in [0.5, 0.6) is 0 Å². The molecule has 1 saturated heterocycles. The van der Waals surface area contributed by atoms with E-state index in [0.717, 1.165) is 47.5 Å². The Morgan fingerprint density at radius 3 is 2.78 bits per heavy atom. The van der Waals surface area contributed by atoms with Crippen LogP contribution in [0.15, 0.2) is 12.1 Å². The summed E-state index contributed by atoms with van der Waals surface area (Å²) in [6, 6.07) is 6.08. The Morgan fingerprint density at radius 1 is 1.26 bits per heavy atom. The molecule has 0 bridgehead atoms. The summed E-state index contributed by atoms with van der Waals surface area (Å²) in [6.45, 7) is 6.33. The SMILES string of the molecule is Cc1c2n(c3c(N4CCOCC4)cc(C#N)cc13)CCNC2=O. The zero-order valence-electron chi connectivity index (χ0n) is 13.1. The molecule has 1 aromatic carbocycles. The summed E-state index contributed by atoms with van der Waals surface area (Å²) >= 11 is 0. The number of nitrogens with zero attached hydrogens (tertiary/aromatic N) is 3. The highest BCUT2D eigenvalue weighted by Gasteiger charge is 2.27. The fraction of sp³-hybridized carbons (Fsp3) is 0.412. The minimum absolute atomic E-state index is 0.0311. The third kappa shape index (κ3) is 2.08. The van der Waals surface area contributed by atoms with Gasteiger partial charge in [0.05, 0.1) is 36.1 Å². The number of aryl methyl sites for hydroxylation is 1. The standard InChI is InChI=1S/C17H18N4O2/c1-11-13-8-12(10-18)9-14(20-4-6-23-7-5-20)16(13)21-3-2-19-17(22)15(11)21/h8-9H,2-7H2,1H3,(H,19,22). The van der Waals surface area contributed by atoms with E-state index in [1.807, 2.05) is 19.1 Å². The number of nitrogens with one attached hydrogen (secondary N) is 1. The summed E-state index contributed by atoms with van der Waals surface area (Å²) in [4.78, 5) is 14.5. The second-order valence-corrected chi connectivity index (χ2v) is 5.98. The first-order valence-electron chi connectivity index (χ1n) is 7.88. The van der Waals surface area contributed by atoms with Crippen LogP contribution >= 0.6 is 0 Å². The summed E-state index contributed by atoms with van der Waals surface area (Å²) in [5, 5.41) is 13.3. The number of anilines is 1. The van der Waals surface area contributed by atoms with Crippen LogP contribution in [0, 0.1) is 18.3 Å². The molecular formula is C17H18N4O2. The molecular weight excluding hydrogens is 292 g/mol. The van der Waals surface area contributed by atoms with Gasteiger partial charge in [0.1, 0.15) is 5.69 Å². The van der Waals surface area contributed by atoms with Gasteiger partial charge in [-0.15, -0.1) is 0 Å². The lowest BCUT2D eigenvalue weighted by molar-refractivity contribution is 0.0928. The number of hydrogen-bond acceptors (Lipinski definition) is 4. The van der Waals surface area contributed by atoms with Gasteiger partial charge in [-0.05, 0) is 24.6 Å². The van der Waals surface area contributed by atoms with Gasteiger partial charge in [-0.1, -0.05) is 0 Å². The van der Waals surface area contributed by atoms with E-state index in [0.29, 0.717) is 25.3 Å². The highest BCUT2D eigenvalue weighted by atomic mass is 16.5. The van der Waals surface area contributed by atoms with E-state index in [1.54, 1.807) is 0 Å². The van der Waals surface area contributed by atoms with Gasteiger partial charge in [0.15, 0.2) is 0 Å². The summed E-state index contributed by atoms with van der Waals surface area (Å²) < 4.78 is 7.55. The van der Waals surface area contributed by atoms with Crippen molar-refractivity contribution in [3.8, 4) is 6.07 Å². The van der Waals surface area contributed by atoms with Gasteiger partial charge in [0, 0.05) is 31.6 Å². The fourth-order valence-corrected chi connectivity index (χ4v) is 3.62. The quantitative estimate of drug-likeness (QED) is 0.864. The van der Waals surface area contributed by atoms with E-state index in [4.69, 9.17) is 4.74 Å². The van der Waals surface area contributed by atoms with E-state index >= 15 is 0 Å². The Hall–Kier alpha value is -2.52. The van der Waals surface area contributed by atoms with Gasteiger partial charge in [-0.3, -0.25) is 4.79 Å². The highest BCUT2D eigenvalue weighted by molar-refractivity contribution is 6.06. The van der Waals surface area contributed by atoms with Crippen molar-refractivity contribution in [1.29, 1.82) is 5.26 Å². The number of aromatic nitrogens is 1. The Morgan fingerprint density at radius 2 is 2.04 bits per heavy atom. The molecule has 118 valence electrons. The first-order chi connectivity index (χ1) is 11.2. The number of rotatable bonds is 1. The molecule has 1 amide bonds. The molecule has 1 fully saturated rings. The lowest BCUT2D eigenvalue weighted by atomic mass is 10.1. The molecule has 3 heterocycles. The smallest absolute Gasteiger partial charge is 0.268 e. The molecule has 2 aromatic rings. The van der Waals surface area contributed by atoms with Crippen LogP contribution in [-0.4, -0.2) is 43.3 Å². The number of benzene rings is 1. The van der Waals surface area contributed by atoms with Gasteiger partial charge >= 0.3 is 0 Å². The molecule has 6 nitrogen and oxygen atoms in total. The topological polar surface area (TPSA) is 70.3 Å². The third-order valence-corrected chi connectivity index (χ3v) is 4.71. The molecule has 2 aliphatic rings. The van der Waals surface area contributed by atoms with Crippen molar-refractivity contribution in [2.24, 2.45) is 0 Å². The zero-order valence-corrected chi connectivity index (χ0v) is 13.1. The molecule has 0 unspecified atom stereocenters. The van der Waals surface area contributed by atoms with E-state index < -0.39 is 0 Å². The summed E-state index contributed by atoms with van der Waals surface area (Å²) in [5.74, 6) is -0.0311. The predicted octanol–water partition coefficient (Wildman–Crippen LogP) is 1.40. The maximum absolute atomic E-state index is 12.3. The molecule has 2 aliphatic heterocycles. The van der Waals surface area contributed by atoms with Crippen molar-refractivity contribution < 1.29 is 9.53 Å². The van der Waals surface area contributed by atoms with Gasteiger partial charge in [-0.2, -0.15) is 5.26 Å². The molecule has 0 radical (unpaired) electrons. The number of amides is 1. The first-order valence-corrected chi connectivity index (χ1v) is 7.88. The van der Waals surface area contributed by atoms with Crippen LogP contribution in [0.4, 0.5) is 5.69 Å². The summed E-state index contributed by atoms with van der Waals surface area (Å²) in [5.41, 5.74) is 4.39. The van der Waals surface area contributed by atoms with Crippen molar-refractivity contribution in [2.45, 2.75) is 13.5 Å². The average Bonchev–Trinajstić information content (AvgIpc) is 2.89. The third-order valence-electron chi connectivity index (χ3n) is 4.71. The number of fused-ring (bicyclic) bond motifs is 3. The van der Waals surface area contributed by atoms with Crippen LogP contribution in [-0.2, 0) is 11.3 Å².